The molecule has 6 nitrogen and oxygen atoms in total. The van der Waals surface area contributed by atoms with Crippen LogP contribution in [-0.2, 0) is 9.59 Å². The van der Waals surface area contributed by atoms with Gasteiger partial charge in [0.15, 0.2) is 0 Å². The average Bonchev–Trinajstić information content (AvgIpc) is 2.83. The van der Waals surface area contributed by atoms with Crippen LogP contribution in [0.25, 0.3) is 0 Å². The first-order valence-corrected chi connectivity index (χ1v) is 12.7. The number of rotatable bonds is 17. The first-order chi connectivity index (χ1) is 17.3. The van der Waals surface area contributed by atoms with Crippen LogP contribution in [0.15, 0.2) is 72.8 Å². The Morgan fingerprint density at radius 2 is 1.06 bits per heavy atom. The third kappa shape index (κ3) is 12.8. The van der Waals surface area contributed by atoms with Gasteiger partial charge < -0.3 is 20.1 Å². The Balaban J connectivity index is 1.53. The van der Waals surface area contributed by atoms with Crippen LogP contribution >= 0.6 is 0 Å². The number of carbonyl (C=O) groups excluding carboxylic acids is 2. The number of anilines is 2. The van der Waals surface area contributed by atoms with E-state index in [1.807, 2.05) is 62.4 Å². The van der Waals surface area contributed by atoms with Crippen molar-refractivity contribution in [1.82, 2.24) is 0 Å². The predicted molar refractivity (Wildman–Crippen MR) is 148 cm³/mol. The molecule has 0 spiro atoms. The molecule has 0 aliphatic heterocycles. The molecule has 0 atom stereocenters. The molecule has 0 aromatic heterocycles. The molecule has 36 heavy (non-hydrogen) atoms. The summed E-state index contributed by atoms with van der Waals surface area (Å²) in [5, 5.41) is 5.86. The summed E-state index contributed by atoms with van der Waals surface area (Å²) in [7, 11) is 0. The fourth-order valence-electron chi connectivity index (χ4n) is 3.47. The molecule has 0 saturated heterocycles. The molecule has 0 heterocycles. The zero-order valence-corrected chi connectivity index (χ0v) is 21.7. The molecule has 0 aliphatic rings. The largest absolute Gasteiger partial charge is 0.489 e. The minimum absolute atomic E-state index is 0.0119. The predicted octanol–water partition coefficient (Wildman–Crippen LogP) is 7.29. The Morgan fingerprint density at radius 3 is 1.44 bits per heavy atom. The number of amides is 2. The van der Waals surface area contributed by atoms with Gasteiger partial charge in [-0.3, -0.25) is 9.59 Å². The molecule has 0 radical (unpaired) electrons. The maximum atomic E-state index is 12.2. The minimum atomic E-state index is 0.0119. The Hall–Kier alpha value is -3.54. The molecular formula is C30H40N2O4. The fourth-order valence-corrected chi connectivity index (χ4v) is 3.47. The second kappa shape index (κ2) is 16.2. The molecule has 2 aromatic rings. The fraction of sp³-hybridized carbons (Fsp3) is 0.400. The van der Waals surface area contributed by atoms with Crippen LogP contribution < -0.4 is 20.1 Å². The van der Waals surface area contributed by atoms with Crippen molar-refractivity contribution in [3.8, 4) is 11.5 Å². The summed E-state index contributed by atoms with van der Waals surface area (Å²) in [5.41, 5.74) is 3.37. The Morgan fingerprint density at radius 1 is 0.667 bits per heavy atom. The summed E-state index contributed by atoms with van der Waals surface area (Å²) in [4.78, 5) is 24.4. The number of hydrogen-bond acceptors (Lipinski definition) is 4. The maximum absolute atomic E-state index is 12.2. The number of ether oxygens (including phenoxy) is 2. The van der Waals surface area contributed by atoms with E-state index >= 15 is 0 Å². The quantitative estimate of drug-likeness (QED) is 0.179. The highest BCUT2D eigenvalue weighted by Gasteiger charge is 2.06. The van der Waals surface area contributed by atoms with Crippen molar-refractivity contribution in [2.75, 3.05) is 23.8 Å². The van der Waals surface area contributed by atoms with Crippen LogP contribution in [0.5, 0.6) is 11.5 Å². The van der Waals surface area contributed by atoms with E-state index in [2.05, 4.69) is 23.8 Å². The van der Waals surface area contributed by atoms with Gasteiger partial charge in [0.1, 0.15) is 24.7 Å². The van der Waals surface area contributed by atoms with Crippen LogP contribution in [0.4, 0.5) is 11.4 Å². The standard InChI is InChI=1S/C30H40N2O4/c1-23(2)21-35-27-15-11-13-25(19-27)31-29(33)17-9-7-5-6-8-10-18-30(34)32-26-14-12-16-28(20-26)36-22-24(3)4/h11-16,19-20H,1,3,5-10,17-18,21-22H2,2,4H3,(H,31,33)(H,32,34). The first kappa shape index (κ1) is 28.7. The first-order valence-electron chi connectivity index (χ1n) is 12.7. The van der Waals surface area contributed by atoms with Crippen LogP contribution in [0.2, 0.25) is 0 Å². The van der Waals surface area contributed by atoms with E-state index in [0.717, 1.165) is 61.0 Å². The highest BCUT2D eigenvalue weighted by atomic mass is 16.5. The van der Waals surface area contributed by atoms with Gasteiger partial charge in [0.2, 0.25) is 11.8 Å². The highest BCUT2D eigenvalue weighted by molar-refractivity contribution is 5.91. The lowest BCUT2D eigenvalue weighted by molar-refractivity contribution is -0.117. The Labute approximate surface area is 215 Å². The normalized spacial score (nSPS) is 10.4. The van der Waals surface area contributed by atoms with Crippen molar-refractivity contribution in [2.24, 2.45) is 0 Å². The van der Waals surface area contributed by atoms with Gasteiger partial charge >= 0.3 is 0 Å². The molecular weight excluding hydrogens is 452 g/mol. The summed E-state index contributed by atoms with van der Waals surface area (Å²) in [5.74, 6) is 1.45. The molecule has 194 valence electrons. The summed E-state index contributed by atoms with van der Waals surface area (Å²) >= 11 is 0. The van der Waals surface area contributed by atoms with Gasteiger partial charge in [0.05, 0.1) is 0 Å². The molecule has 2 N–H and O–H groups in total. The third-order valence-corrected chi connectivity index (χ3v) is 5.26. The van der Waals surface area contributed by atoms with Gasteiger partial charge in [-0.25, -0.2) is 0 Å². The van der Waals surface area contributed by atoms with Gasteiger partial charge in [-0.2, -0.15) is 0 Å². The second-order valence-corrected chi connectivity index (χ2v) is 9.26. The molecule has 2 amide bonds. The van der Waals surface area contributed by atoms with Gasteiger partial charge in [-0.05, 0) is 62.1 Å². The molecule has 2 rings (SSSR count). The molecule has 0 bridgehead atoms. The number of hydrogen-bond donors (Lipinski definition) is 2. The maximum Gasteiger partial charge on any atom is 0.224 e. The van der Waals surface area contributed by atoms with E-state index in [4.69, 9.17) is 9.47 Å². The van der Waals surface area contributed by atoms with E-state index < -0.39 is 0 Å². The van der Waals surface area contributed by atoms with Gasteiger partial charge in [0, 0.05) is 36.3 Å². The third-order valence-electron chi connectivity index (χ3n) is 5.26. The monoisotopic (exact) mass is 492 g/mol. The lowest BCUT2D eigenvalue weighted by Gasteiger charge is -2.09. The summed E-state index contributed by atoms with van der Waals surface area (Å²) < 4.78 is 11.2. The summed E-state index contributed by atoms with van der Waals surface area (Å²) in [6, 6.07) is 14.8. The molecule has 0 aliphatic carbocycles. The lowest BCUT2D eigenvalue weighted by atomic mass is 10.1. The van der Waals surface area contributed by atoms with Crippen molar-refractivity contribution in [2.45, 2.75) is 65.2 Å². The molecule has 2 aromatic carbocycles. The van der Waals surface area contributed by atoms with Crippen molar-refractivity contribution >= 4 is 23.2 Å². The van der Waals surface area contributed by atoms with E-state index in [1.54, 1.807) is 0 Å². The second-order valence-electron chi connectivity index (χ2n) is 9.26. The molecule has 0 saturated carbocycles. The number of unbranched alkanes of at least 4 members (excludes halogenated alkanes) is 5. The van der Waals surface area contributed by atoms with Crippen LogP contribution in [0.3, 0.4) is 0 Å². The Bertz CT molecular complexity index is 934. The van der Waals surface area contributed by atoms with E-state index in [-0.39, 0.29) is 11.8 Å². The number of nitrogens with one attached hydrogen (secondary N) is 2. The lowest BCUT2D eigenvalue weighted by Crippen LogP contribution is -2.11. The number of carbonyl (C=O) groups is 2. The van der Waals surface area contributed by atoms with Gasteiger partial charge in [0.25, 0.3) is 0 Å². The smallest absolute Gasteiger partial charge is 0.224 e. The Kier molecular flexibility index (Phi) is 12.9. The SMILES string of the molecule is C=C(C)COc1cccc(NC(=O)CCCCCCCCC(=O)Nc2cccc(OCC(=C)C)c2)c1. The van der Waals surface area contributed by atoms with Crippen molar-refractivity contribution in [3.63, 3.8) is 0 Å². The minimum Gasteiger partial charge on any atom is -0.489 e. The van der Waals surface area contributed by atoms with Crippen molar-refractivity contribution < 1.29 is 19.1 Å². The van der Waals surface area contributed by atoms with Gasteiger partial charge in [-0.15, -0.1) is 0 Å². The van der Waals surface area contributed by atoms with E-state index in [0.29, 0.717) is 37.6 Å². The van der Waals surface area contributed by atoms with E-state index in [1.165, 1.54) is 0 Å². The van der Waals surface area contributed by atoms with Crippen molar-refractivity contribution in [1.29, 1.82) is 0 Å². The van der Waals surface area contributed by atoms with Gasteiger partial charge in [-0.1, -0.05) is 51.0 Å². The molecule has 0 unspecified atom stereocenters. The van der Waals surface area contributed by atoms with Crippen molar-refractivity contribution in [3.05, 3.63) is 72.8 Å². The van der Waals surface area contributed by atoms with Crippen LogP contribution in [0, 0.1) is 0 Å². The van der Waals surface area contributed by atoms with Crippen LogP contribution in [0.1, 0.15) is 65.2 Å². The zero-order valence-electron chi connectivity index (χ0n) is 21.7. The topological polar surface area (TPSA) is 76.7 Å². The van der Waals surface area contributed by atoms with E-state index in [9.17, 15) is 9.59 Å². The molecule has 6 heteroatoms. The summed E-state index contributed by atoms with van der Waals surface area (Å²) in [6.45, 7) is 12.4. The average molecular weight is 493 g/mol. The highest BCUT2D eigenvalue weighted by Crippen LogP contribution is 2.20. The number of benzene rings is 2. The van der Waals surface area contributed by atoms with Crippen LogP contribution in [-0.4, -0.2) is 25.0 Å². The molecule has 0 fully saturated rings. The zero-order chi connectivity index (χ0) is 26.2. The summed E-state index contributed by atoms with van der Waals surface area (Å²) in [6.07, 6.45) is 6.80.